The van der Waals surface area contributed by atoms with Gasteiger partial charge in [-0.05, 0) is 31.4 Å². The summed E-state index contributed by atoms with van der Waals surface area (Å²) in [6.45, 7) is 9.87. The zero-order valence-corrected chi connectivity index (χ0v) is 11.0. The lowest BCUT2D eigenvalue weighted by atomic mass is 9.97. The molecule has 0 bridgehead atoms. The summed E-state index contributed by atoms with van der Waals surface area (Å²) in [5, 5.41) is 3.56. The lowest BCUT2D eigenvalue weighted by Crippen LogP contribution is -2.21. The smallest absolute Gasteiger partial charge is 0.108 e. The van der Waals surface area contributed by atoms with Gasteiger partial charge in [-0.1, -0.05) is 27.7 Å². The Hall–Kier alpha value is -0.760. The Kier molecular flexibility index (Phi) is 5.61. The van der Waals surface area contributed by atoms with Crippen LogP contribution in [0.15, 0.2) is 16.7 Å². The van der Waals surface area contributed by atoms with Crippen molar-refractivity contribution in [3.05, 3.63) is 23.7 Å². The number of hydrogen-bond acceptors (Lipinski definition) is 2. The van der Waals surface area contributed by atoms with Crippen molar-refractivity contribution in [1.82, 2.24) is 5.32 Å². The van der Waals surface area contributed by atoms with Crippen LogP contribution in [0.3, 0.4) is 0 Å². The summed E-state index contributed by atoms with van der Waals surface area (Å²) in [6.07, 6.45) is 5.24. The van der Waals surface area contributed by atoms with Crippen LogP contribution in [-0.4, -0.2) is 6.54 Å². The molecule has 0 aliphatic heterocycles. The highest BCUT2D eigenvalue weighted by molar-refractivity contribution is 5.21. The quantitative estimate of drug-likeness (QED) is 0.757. The van der Waals surface area contributed by atoms with Crippen LogP contribution < -0.4 is 5.32 Å². The predicted molar refractivity (Wildman–Crippen MR) is 68.6 cm³/mol. The molecule has 1 aromatic rings. The van der Waals surface area contributed by atoms with Crippen LogP contribution in [0.5, 0.6) is 0 Å². The molecule has 1 rings (SSSR count). The van der Waals surface area contributed by atoms with Gasteiger partial charge < -0.3 is 9.73 Å². The molecule has 0 aliphatic carbocycles. The van der Waals surface area contributed by atoms with Gasteiger partial charge in [-0.15, -0.1) is 0 Å². The van der Waals surface area contributed by atoms with Crippen LogP contribution in [-0.2, 0) is 6.42 Å². The van der Waals surface area contributed by atoms with E-state index in [2.05, 4.69) is 39.1 Å². The van der Waals surface area contributed by atoms with Crippen LogP contribution in [0.25, 0.3) is 0 Å². The first-order chi connectivity index (χ1) is 7.69. The van der Waals surface area contributed by atoms with E-state index in [0.29, 0.717) is 6.04 Å². The topological polar surface area (TPSA) is 25.2 Å². The van der Waals surface area contributed by atoms with Crippen molar-refractivity contribution in [2.75, 3.05) is 6.54 Å². The normalized spacial score (nSPS) is 13.3. The molecular weight excluding hydrogens is 198 g/mol. The molecule has 0 aliphatic rings. The van der Waals surface area contributed by atoms with Crippen LogP contribution >= 0.6 is 0 Å². The van der Waals surface area contributed by atoms with E-state index < -0.39 is 0 Å². The van der Waals surface area contributed by atoms with E-state index >= 15 is 0 Å². The second-order valence-corrected chi connectivity index (χ2v) is 4.73. The second kappa shape index (κ2) is 6.74. The highest BCUT2D eigenvalue weighted by atomic mass is 16.3. The lowest BCUT2D eigenvalue weighted by Gasteiger charge is -2.18. The molecule has 1 heterocycles. The molecule has 92 valence electrons. The summed E-state index contributed by atoms with van der Waals surface area (Å²) in [4.78, 5) is 0. The van der Waals surface area contributed by atoms with E-state index in [-0.39, 0.29) is 0 Å². The fourth-order valence-electron chi connectivity index (χ4n) is 2.06. The van der Waals surface area contributed by atoms with Gasteiger partial charge in [0.05, 0.1) is 6.26 Å². The Morgan fingerprint density at radius 2 is 2.00 bits per heavy atom. The van der Waals surface area contributed by atoms with E-state index in [0.717, 1.165) is 24.6 Å². The van der Waals surface area contributed by atoms with Crippen LogP contribution in [0.1, 0.15) is 57.9 Å². The molecule has 2 nitrogen and oxygen atoms in total. The highest BCUT2D eigenvalue weighted by Crippen LogP contribution is 2.25. The highest BCUT2D eigenvalue weighted by Gasteiger charge is 2.16. The molecule has 0 saturated heterocycles. The number of aryl methyl sites for hydroxylation is 1. The monoisotopic (exact) mass is 223 g/mol. The van der Waals surface area contributed by atoms with Crippen LogP contribution in [0.4, 0.5) is 0 Å². The van der Waals surface area contributed by atoms with Crippen LogP contribution in [0, 0.1) is 5.92 Å². The summed E-state index contributed by atoms with van der Waals surface area (Å²) in [7, 11) is 0. The first kappa shape index (κ1) is 13.3. The number of rotatable bonds is 7. The minimum Gasteiger partial charge on any atom is -0.469 e. The average molecular weight is 223 g/mol. The summed E-state index contributed by atoms with van der Waals surface area (Å²) < 4.78 is 5.51. The molecule has 0 aromatic carbocycles. The first-order valence-electron chi connectivity index (χ1n) is 6.48. The minimum absolute atomic E-state index is 0.459. The molecule has 0 radical (unpaired) electrons. The van der Waals surface area contributed by atoms with Crippen molar-refractivity contribution in [3.63, 3.8) is 0 Å². The Balaban J connectivity index is 2.68. The van der Waals surface area contributed by atoms with Gasteiger partial charge in [-0.3, -0.25) is 0 Å². The third kappa shape index (κ3) is 3.67. The van der Waals surface area contributed by atoms with Gasteiger partial charge in [0.15, 0.2) is 0 Å². The molecule has 0 amide bonds. The SMILES string of the molecule is CCNC(CCC(C)C)c1ccoc1CC. The second-order valence-electron chi connectivity index (χ2n) is 4.73. The fourth-order valence-corrected chi connectivity index (χ4v) is 2.06. The van der Waals surface area contributed by atoms with Gasteiger partial charge in [0.25, 0.3) is 0 Å². The Morgan fingerprint density at radius 1 is 1.25 bits per heavy atom. The Morgan fingerprint density at radius 3 is 2.56 bits per heavy atom. The molecule has 0 spiro atoms. The van der Waals surface area contributed by atoms with E-state index in [9.17, 15) is 0 Å². The maximum atomic E-state index is 5.51. The van der Waals surface area contributed by atoms with Crippen molar-refractivity contribution in [2.45, 2.75) is 53.0 Å². The maximum absolute atomic E-state index is 5.51. The van der Waals surface area contributed by atoms with Crippen molar-refractivity contribution >= 4 is 0 Å². The molecular formula is C14H25NO. The summed E-state index contributed by atoms with van der Waals surface area (Å²) >= 11 is 0. The van der Waals surface area contributed by atoms with Crippen molar-refractivity contribution in [2.24, 2.45) is 5.92 Å². The van der Waals surface area contributed by atoms with Crippen molar-refractivity contribution in [3.8, 4) is 0 Å². The van der Waals surface area contributed by atoms with Gasteiger partial charge in [0.1, 0.15) is 5.76 Å². The molecule has 1 aromatic heterocycles. The number of furan rings is 1. The van der Waals surface area contributed by atoms with Gasteiger partial charge in [-0.25, -0.2) is 0 Å². The first-order valence-corrected chi connectivity index (χ1v) is 6.48. The molecule has 0 saturated carbocycles. The Labute approximate surface area is 99.4 Å². The van der Waals surface area contributed by atoms with Crippen molar-refractivity contribution in [1.29, 1.82) is 0 Å². The van der Waals surface area contributed by atoms with Gasteiger partial charge in [-0.2, -0.15) is 0 Å². The van der Waals surface area contributed by atoms with E-state index in [4.69, 9.17) is 4.42 Å². The van der Waals surface area contributed by atoms with Gasteiger partial charge in [0.2, 0.25) is 0 Å². The minimum atomic E-state index is 0.459. The van der Waals surface area contributed by atoms with E-state index in [1.54, 1.807) is 0 Å². The molecule has 1 N–H and O–H groups in total. The molecule has 1 unspecified atom stereocenters. The Bertz CT molecular complexity index is 291. The third-order valence-electron chi connectivity index (χ3n) is 2.96. The number of hydrogen-bond donors (Lipinski definition) is 1. The third-order valence-corrected chi connectivity index (χ3v) is 2.96. The van der Waals surface area contributed by atoms with Crippen molar-refractivity contribution < 1.29 is 4.42 Å². The molecule has 16 heavy (non-hydrogen) atoms. The summed E-state index contributed by atoms with van der Waals surface area (Å²) in [5.74, 6) is 1.90. The lowest BCUT2D eigenvalue weighted by molar-refractivity contribution is 0.435. The molecule has 0 fully saturated rings. The molecule has 1 atom stereocenters. The van der Waals surface area contributed by atoms with E-state index in [1.807, 2.05) is 6.26 Å². The standard InChI is InChI=1S/C14H25NO/c1-5-14-12(9-10-16-14)13(15-6-2)8-7-11(3)4/h9-11,13,15H,5-8H2,1-4H3. The molecule has 2 heteroatoms. The zero-order chi connectivity index (χ0) is 12.0. The summed E-state index contributed by atoms with van der Waals surface area (Å²) in [6, 6.07) is 2.58. The summed E-state index contributed by atoms with van der Waals surface area (Å²) in [5.41, 5.74) is 1.35. The predicted octanol–water partition coefficient (Wildman–Crippen LogP) is 3.93. The van der Waals surface area contributed by atoms with E-state index in [1.165, 1.54) is 18.4 Å². The van der Waals surface area contributed by atoms with Gasteiger partial charge >= 0.3 is 0 Å². The van der Waals surface area contributed by atoms with Gasteiger partial charge in [0, 0.05) is 18.0 Å². The van der Waals surface area contributed by atoms with Crippen LogP contribution in [0.2, 0.25) is 0 Å². The number of nitrogens with one attached hydrogen (secondary N) is 1. The average Bonchev–Trinajstić information content (AvgIpc) is 2.71. The maximum Gasteiger partial charge on any atom is 0.108 e. The largest absolute Gasteiger partial charge is 0.469 e. The zero-order valence-electron chi connectivity index (χ0n) is 11.0. The fraction of sp³-hybridized carbons (Fsp3) is 0.714.